The van der Waals surface area contributed by atoms with Gasteiger partial charge >= 0.3 is 5.97 Å². The molecule has 0 bridgehead atoms. The van der Waals surface area contributed by atoms with Crippen molar-refractivity contribution in [3.05, 3.63) is 61.2 Å². The van der Waals surface area contributed by atoms with Gasteiger partial charge in [-0.15, -0.1) is 0 Å². The van der Waals surface area contributed by atoms with Gasteiger partial charge in [0.2, 0.25) is 0 Å². The third-order valence-electron chi connectivity index (χ3n) is 4.46. The monoisotopic (exact) mass is 453 g/mol. The molecule has 0 atom stereocenters. The fourth-order valence-corrected chi connectivity index (χ4v) is 4.28. The van der Waals surface area contributed by atoms with Crippen LogP contribution in [0.15, 0.2) is 29.2 Å². The van der Waals surface area contributed by atoms with Gasteiger partial charge in [0.15, 0.2) is 0 Å². The van der Waals surface area contributed by atoms with Crippen LogP contribution < -0.4 is 4.72 Å². The molecule has 0 saturated heterocycles. The second kappa shape index (κ2) is 7.83. The maximum absolute atomic E-state index is 13.0. The number of benzene rings is 2. The van der Waals surface area contributed by atoms with E-state index in [2.05, 4.69) is 0 Å². The van der Waals surface area contributed by atoms with Crippen molar-refractivity contribution in [1.29, 1.82) is 0 Å². The molecule has 0 spiro atoms. The molecule has 0 fully saturated rings. The van der Waals surface area contributed by atoms with Crippen LogP contribution >= 0.6 is 0 Å². The van der Waals surface area contributed by atoms with E-state index in [4.69, 9.17) is 0 Å². The molecule has 0 aliphatic heterocycles. The van der Waals surface area contributed by atoms with Gasteiger partial charge < -0.3 is 10.2 Å². The lowest BCUT2D eigenvalue weighted by molar-refractivity contribution is -0.393. The number of phenols is 1. The molecule has 2 aromatic carbocycles. The zero-order chi connectivity index (χ0) is 23.9. The summed E-state index contributed by atoms with van der Waals surface area (Å²) in [5.41, 5.74) is -3.72. The maximum Gasteiger partial charge on any atom is 0.339 e. The van der Waals surface area contributed by atoms with Crippen molar-refractivity contribution < 1.29 is 33.3 Å². The number of anilines is 1. The Hall–Kier alpha value is -3.74. The number of rotatable bonds is 6. The van der Waals surface area contributed by atoms with Crippen molar-refractivity contribution in [2.75, 3.05) is 4.72 Å². The Balaban J connectivity index is 2.75. The molecule has 13 heteroatoms. The van der Waals surface area contributed by atoms with E-state index in [1.54, 1.807) is 20.8 Å². The summed E-state index contributed by atoms with van der Waals surface area (Å²) in [4.78, 5) is 31.5. The molecule has 0 aromatic heterocycles. The molecule has 31 heavy (non-hydrogen) atoms. The number of carboxylic acids is 1. The fraction of sp³-hybridized carbons (Fsp3) is 0.278. The fourth-order valence-electron chi connectivity index (χ4n) is 2.93. The highest BCUT2D eigenvalue weighted by atomic mass is 32.2. The van der Waals surface area contributed by atoms with Gasteiger partial charge in [-0.2, -0.15) is 0 Å². The minimum atomic E-state index is -4.59. The van der Waals surface area contributed by atoms with Crippen molar-refractivity contribution in [2.45, 2.75) is 38.0 Å². The van der Waals surface area contributed by atoms with E-state index in [0.29, 0.717) is 6.07 Å². The summed E-state index contributed by atoms with van der Waals surface area (Å²) >= 11 is 0. The van der Waals surface area contributed by atoms with Crippen LogP contribution in [0, 0.1) is 27.2 Å². The van der Waals surface area contributed by atoms with Crippen molar-refractivity contribution in [3.8, 4) is 5.75 Å². The summed E-state index contributed by atoms with van der Waals surface area (Å²) in [7, 11) is -4.59. The normalized spacial score (nSPS) is 11.7. The number of sulfonamides is 1. The van der Waals surface area contributed by atoms with E-state index < -0.39 is 64.5 Å². The first kappa shape index (κ1) is 23.5. The average Bonchev–Trinajstić information content (AvgIpc) is 2.59. The molecule has 0 aliphatic carbocycles. The number of nitrogens with zero attached hydrogens (tertiary/aromatic N) is 2. The lowest BCUT2D eigenvalue weighted by atomic mass is 9.84. The Morgan fingerprint density at radius 1 is 1.10 bits per heavy atom. The van der Waals surface area contributed by atoms with Crippen molar-refractivity contribution in [1.82, 2.24) is 0 Å². The summed E-state index contributed by atoms with van der Waals surface area (Å²) < 4.78 is 28.1. The highest BCUT2D eigenvalue weighted by molar-refractivity contribution is 7.92. The second-order valence-electron chi connectivity index (χ2n) is 7.65. The van der Waals surface area contributed by atoms with Crippen LogP contribution in [-0.2, 0) is 15.4 Å². The largest absolute Gasteiger partial charge is 0.507 e. The van der Waals surface area contributed by atoms with Gasteiger partial charge in [-0.1, -0.05) is 20.8 Å². The predicted octanol–water partition coefficient (Wildman–Crippen LogP) is 3.31. The Morgan fingerprint density at radius 2 is 1.68 bits per heavy atom. The Bertz CT molecular complexity index is 1210. The SMILES string of the molecule is Cc1c(S(=O)(=O)Nc2ccc([N+](=O)[O-])cc2[N+](=O)[O-])cc(C(C)(C)C)c(O)c1C(=O)O. The zero-order valence-electron chi connectivity index (χ0n) is 16.9. The van der Waals surface area contributed by atoms with Gasteiger partial charge in [-0.05, 0) is 30.0 Å². The molecule has 2 rings (SSSR count). The van der Waals surface area contributed by atoms with Gasteiger partial charge in [0.25, 0.3) is 21.4 Å². The summed E-state index contributed by atoms with van der Waals surface area (Å²) in [5.74, 6) is -2.14. The number of carbonyl (C=O) groups is 1. The molecular formula is C18H19N3O9S. The lowest BCUT2D eigenvalue weighted by Gasteiger charge is -2.24. The van der Waals surface area contributed by atoms with Crippen molar-refractivity contribution in [2.24, 2.45) is 0 Å². The molecule has 2 aromatic rings. The summed E-state index contributed by atoms with van der Waals surface area (Å²) in [6, 6.07) is 3.45. The quantitative estimate of drug-likeness (QED) is 0.435. The molecule has 0 unspecified atom stereocenters. The molecule has 0 heterocycles. The van der Waals surface area contributed by atoms with E-state index in [1.807, 2.05) is 4.72 Å². The van der Waals surface area contributed by atoms with Crippen LogP contribution in [-0.4, -0.2) is 34.4 Å². The van der Waals surface area contributed by atoms with Crippen LogP contribution in [0.4, 0.5) is 17.1 Å². The Morgan fingerprint density at radius 3 is 2.13 bits per heavy atom. The smallest absolute Gasteiger partial charge is 0.339 e. The number of hydrogen-bond donors (Lipinski definition) is 3. The molecular weight excluding hydrogens is 434 g/mol. The number of nitro benzene ring substituents is 2. The number of non-ortho nitro benzene ring substituents is 1. The Kier molecular flexibility index (Phi) is 5.95. The average molecular weight is 453 g/mol. The van der Waals surface area contributed by atoms with E-state index in [0.717, 1.165) is 18.2 Å². The van der Waals surface area contributed by atoms with Gasteiger partial charge in [0.05, 0.1) is 20.8 Å². The minimum absolute atomic E-state index is 0.0362. The van der Waals surface area contributed by atoms with Crippen LogP contribution in [0.5, 0.6) is 5.75 Å². The first-order valence-corrected chi connectivity index (χ1v) is 10.1. The van der Waals surface area contributed by atoms with Crippen LogP contribution in [0.25, 0.3) is 0 Å². The van der Waals surface area contributed by atoms with Crippen LogP contribution in [0.2, 0.25) is 0 Å². The van der Waals surface area contributed by atoms with Gasteiger partial charge in [-0.25, -0.2) is 13.2 Å². The molecule has 0 aliphatic rings. The number of carboxylic acid groups (broad SMARTS) is 1. The van der Waals surface area contributed by atoms with E-state index in [1.165, 1.54) is 6.92 Å². The summed E-state index contributed by atoms with van der Waals surface area (Å²) in [5, 5.41) is 42.1. The van der Waals surface area contributed by atoms with E-state index in [9.17, 15) is 43.7 Å². The van der Waals surface area contributed by atoms with E-state index in [-0.39, 0.29) is 11.1 Å². The second-order valence-corrected chi connectivity index (χ2v) is 9.30. The first-order chi connectivity index (χ1) is 14.1. The lowest BCUT2D eigenvalue weighted by Crippen LogP contribution is -2.20. The number of hydrogen-bond acceptors (Lipinski definition) is 8. The Labute approximate surface area is 176 Å². The van der Waals surface area contributed by atoms with Crippen LogP contribution in [0.1, 0.15) is 42.3 Å². The standard InChI is InChI=1S/C18H19N3O9S/c1-9-14(8-11(18(2,3)4)16(22)15(9)17(23)24)31(29,30)19-12-6-5-10(20(25)26)7-13(12)21(27)28/h5-8,19,22H,1-4H3,(H,23,24). The maximum atomic E-state index is 13.0. The van der Waals surface area contributed by atoms with Crippen molar-refractivity contribution in [3.63, 3.8) is 0 Å². The molecule has 0 amide bonds. The number of aromatic carboxylic acids is 1. The number of aromatic hydroxyl groups is 1. The topological polar surface area (TPSA) is 190 Å². The molecule has 0 radical (unpaired) electrons. The molecule has 166 valence electrons. The zero-order valence-corrected chi connectivity index (χ0v) is 17.7. The van der Waals surface area contributed by atoms with Gasteiger partial charge in [-0.3, -0.25) is 25.0 Å². The first-order valence-electron chi connectivity index (χ1n) is 8.64. The highest BCUT2D eigenvalue weighted by Gasteiger charge is 2.32. The summed E-state index contributed by atoms with van der Waals surface area (Å²) in [6.45, 7) is 6.07. The van der Waals surface area contributed by atoms with Crippen molar-refractivity contribution >= 4 is 33.1 Å². The molecule has 0 saturated carbocycles. The summed E-state index contributed by atoms with van der Waals surface area (Å²) in [6.07, 6.45) is 0. The van der Waals surface area contributed by atoms with Crippen LogP contribution in [0.3, 0.4) is 0 Å². The minimum Gasteiger partial charge on any atom is -0.507 e. The van der Waals surface area contributed by atoms with Gasteiger partial charge in [0, 0.05) is 11.6 Å². The molecule has 12 nitrogen and oxygen atoms in total. The van der Waals surface area contributed by atoms with E-state index >= 15 is 0 Å². The predicted molar refractivity (Wildman–Crippen MR) is 109 cm³/mol. The van der Waals surface area contributed by atoms with Gasteiger partial charge in [0.1, 0.15) is 17.0 Å². The number of nitro groups is 2. The number of nitrogens with one attached hydrogen (secondary N) is 1. The third-order valence-corrected chi connectivity index (χ3v) is 5.95. The molecule has 3 N–H and O–H groups in total. The third kappa shape index (κ3) is 4.55. The highest BCUT2D eigenvalue weighted by Crippen LogP contribution is 2.39.